The summed E-state index contributed by atoms with van der Waals surface area (Å²) in [6.07, 6.45) is 1.90. The minimum Gasteiger partial charge on any atom is -0.399 e. The zero-order chi connectivity index (χ0) is 13.0. The van der Waals surface area contributed by atoms with Crippen LogP contribution in [0.2, 0.25) is 0 Å². The van der Waals surface area contributed by atoms with Crippen molar-refractivity contribution in [1.29, 1.82) is 0 Å². The van der Waals surface area contributed by atoms with Crippen molar-refractivity contribution in [3.8, 4) is 0 Å². The number of rotatable bonds is 2. The highest BCUT2D eigenvalue weighted by Crippen LogP contribution is 2.18. The first-order chi connectivity index (χ1) is 8.57. The van der Waals surface area contributed by atoms with Gasteiger partial charge >= 0.3 is 6.03 Å². The second kappa shape index (κ2) is 5.27. The summed E-state index contributed by atoms with van der Waals surface area (Å²) < 4.78 is 5.39. The molecule has 1 fully saturated rings. The van der Waals surface area contributed by atoms with E-state index in [1.807, 2.05) is 6.92 Å². The molecule has 5 nitrogen and oxygen atoms in total. The summed E-state index contributed by atoms with van der Waals surface area (Å²) in [5, 5.41) is 5.72. The van der Waals surface area contributed by atoms with Crippen LogP contribution in [0.1, 0.15) is 19.8 Å². The van der Waals surface area contributed by atoms with Gasteiger partial charge in [0.15, 0.2) is 0 Å². The standard InChI is InChI=1S/C13H19N3O2/c1-13(6-3-7-18-9-13)16-12(17)15-11-5-2-4-10(14)8-11/h2,4-5,8H,3,6-7,9,14H2,1H3,(H2,15,16,17). The van der Waals surface area contributed by atoms with Gasteiger partial charge in [-0.3, -0.25) is 0 Å². The molecule has 1 aromatic carbocycles. The van der Waals surface area contributed by atoms with E-state index in [2.05, 4.69) is 10.6 Å². The van der Waals surface area contributed by atoms with Crippen molar-refractivity contribution in [2.45, 2.75) is 25.3 Å². The summed E-state index contributed by atoms with van der Waals surface area (Å²) in [6, 6.07) is 6.87. The van der Waals surface area contributed by atoms with Gasteiger partial charge in [-0.15, -0.1) is 0 Å². The molecule has 4 N–H and O–H groups in total. The van der Waals surface area contributed by atoms with Crippen LogP contribution in [0.4, 0.5) is 16.2 Å². The third kappa shape index (κ3) is 3.37. The Kier molecular flexibility index (Phi) is 3.72. The average molecular weight is 249 g/mol. The maximum atomic E-state index is 11.9. The lowest BCUT2D eigenvalue weighted by atomic mass is 9.95. The molecule has 0 aromatic heterocycles. The number of nitrogens with two attached hydrogens (primary N) is 1. The third-order valence-corrected chi connectivity index (χ3v) is 3.00. The Morgan fingerprint density at radius 3 is 3.00 bits per heavy atom. The van der Waals surface area contributed by atoms with Crippen LogP contribution < -0.4 is 16.4 Å². The van der Waals surface area contributed by atoms with Gasteiger partial charge in [0.2, 0.25) is 0 Å². The maximum Gasteiger partial charge on any atom is 0.319 e. The normalized spacial score (nSPS) is 23.4. The van der Waals surface area contributed by atoms with Crippen molar-refractivity contribution in [2.75, 3.05) is 24.3 Å². The summed E-state index contributed by atoms with van der Waals surface area (Å²) in [4.78, 5) is 11.9. The number of urea groups is 1. The molecule has 2 rings (SSSR count). The lowest BCUT2D eigenvalue weighted by molar-refractivity contribution is 0.0342. The Balaban J connectivity index is 1.92. The molecular weight excluding hydrogens is 230 g/mol. The van der Waals surface area contributed by atoms with Gasteiger partial charge in [0.05, 0.1) is 12.1 Å². The predicted molar refractivity (Wildman–Crippen MR) is 71.5 cm³/mol. The summed E-state index contributed by atoms with van der Waals surface area (Å²) >= 11 is 0. The Morgan fingerprint density at radius 1 is 1.50 bits per heavy atom. The fraction of sp³-hybridized carbons (Fsp3) is 0.462. The molecule has 0 radical (unpaired) electrons. The number of nitrogen functional groups attached to an aromatic ring is 1. The van der Waals surface area contributed by atoms with Crippen molar-refractivity contribution in [2.24, 2.45) is 0 Å². The first-order valence-electron chi connectivity index (χ1n) is 6.10. The minimum atomic E-state index is -0.289. The van der Waals surface area contributed by atoms with Crippen LogP contribution in [0.5, 0.6) is 0 Å². The molecule has 1 aliphatic heterocycles. The number of nitrogens with one attached hydrogen (secondary N) is 2. The maximum absolute atomic E-state index is 11.9. The lowest BCUT2D eigenvalue weighted by Gasteiger charge is -2.34. The van der Waals surface area contributed by atoms with Crippen LogP contribution in [0, 0.1) is 0 Å². The van der Waals surface area contributed by atoms with Crippen molar-refractivity contribution in [3.63, 3.8) is 0 Å². The number of benzene rings is 1. The van der Waals surface area contributed by atoms with E-state index in [1.165, 1.54) is 0 Å². The van der Waals surface area contributed by atoms with Gasteiger partial charge in [0, 0.05) is 18.0 Å². The molecule has 0 bridgehead atoms. The van der Waals surface area contributed by atoms with Crippen molar-refractivity contribution >= 4 is 17.4 Å². The molecule has 1 aliphatic rings. The number of carbonyl (C=O) groups excluding carboxylic acids is 1. The monoisotopic (exact) mass is 249 g/mol. The highest BCUT2D eigenvalue weighted by molar-refractivity contribution is 5.90. The van der Waals surface area contributed by atoms with E-state index in [0.29, 0.717) is 18.0 Å². The van der Waals surface area contributed by atoms with E-state index < -0.39 is 0 Å². The number of anilines is 2. The van der Waals surface area contributed by atoms with Crippen LogP contribution in [0.3, 0.4) is 0 Å². The Hall–Kier alpha value is -1.75. The average Bonchev–Trinajstić information content (AvgIpc) is 2.28. The highest BCUT2D eigenvalue weighted by Gasteiger charge is 2.29. The van der Waals surface area contributed by atoms with Gasteiger partial charge in [0.25, 0.3) is 0 Å². The Bertz CT molecular complexity index is 428. The molecule has 1 saturated heterocycles. The summed E-state index contributed by atoms with van der Waals surface area (Å²) in [5.41, 5.74) is 6.68. The third-order valence-electron chi connectivity index (χ3n) is 3.00. The molecule has 1 aromatic rings. The molecule has 5 heteroatoms. The van der Waals surface area contributed by atoms with E-state index in [0.717, 1.165) is 19.4 Å². The SMILES string of the molecule is CC1(NC(=O)Nc2cccc(N)c2)CCCOC1. The van der Waals surface area contributed by atoms with Crippen molar-refractivity contribution in [1.82, 2.24) is 5.32 Å². The second-order valence-corrected chi connectivity index (χ2v) is 4.92. The molecule has 2 amide bonds. The zero-order valence-corrected chi connectivity index (χ0v) is 10.5. The van der Waals surface area contributed by atoms with E-state index in [1.54, 1.807) is 24.3 Å². The van der Waals surface area contributed by atoms with Gasteiger partial charge in [-0.25, -0.2) is 4.79 Å². The van der Waals surface area contributed by atoms with Crippen LogP contribution in [-0.2, 0) is 4.74 Å². The number of hydrogen-bond donors (Lipinski definition) is 3. The fourth-order valence-electron chi connectivity index (χ4n) is 2.09. The van der Waals surface area contributed by atoms with E-state index in [4.69, 9.17) is 10.5 Å². The fourth-order valence-corrected chi connectivity index (χ4v) is 2.09. The van der Waals surface area contributed by atoms with Crippen molar-refractivity contribution in [3.05, 3.63) is 24.3 Å². The van der Waals surface area contributed by atoms with Crippen LogP contribution in [0.15, 0.2) is 24.3 Å². The first kappa shape index (κ1) is 12.7. The first-order valence-corrected chi connectivity index (χ1v) is 6.10. The molecule has 18 heavy (non-hydrogen) atoms. The van der Waals surface area contributed by atoms with Crippen LogP contribution in [-0.4, -0.2) is 24.8 Å². The largest absolute Gasteiger partial charge is 0.399 e. The smallest absolute Gasteiger partial charge is 0.319 e. The molecule has 0 aliphatic carbocycles. The highest BCUT2D eigenvalue weighted by atomic mass is 16.5. The molecule has 98 valence electrons. The number of amides is 2. The topological polar surface area (TPSA) is 76.4 Å². The van der Waals surface area contributed by atoms with E-state index in [-0.39, 0.29) is 11.6 Å². The Morgan fingerprint density at radius 2 is 2.33 bits per heavy atom. The quantitative estimate of drug-likeness (QED) is 0.701. The molecule has 1 unspecified atom stereocenters. The molecule has 0 saturated carbocycles. The summed E-state index contributed by atoms with van der Waals surface area (Å²) in [7, 11) is 0. The van der Waals surface area contributed by atoms with Gasteiger partial charge in [0.1, 0.15) is 0 Å². The van der Waals surface area contributed by atoms with Crippen LogP contribution >= 0.6 is 0 Å². The molecule has 1 heterocycles. The van der Waals surface area contributed by atoms with Gasteiger partial charge in [-0.05, 0) is 38.0 Å². The number of ether oxygens (including phenoxy) is 1. The number of hydrogen-bond acceptors (Lipinski definition) is 3. The van der Waals surface area contributed by atoms with E-state index in [9.17, 15) is 4.79 Å². The van der Waals surface area contributed by atoms with Gasteiger partial charge < -0.3 is 21.1 Å². The van der Waals surface area contributed by atoms with Gasteiger partial charge in [-0.1, -0.05) is 6.07 Å². The lowest BCUT2D eigenvalue weighted by Crippen LogP contribution is -2.52. The number of carbonyl (C=O) groups is 1. The zero-order valence-electron chi connectivity index (χ0n) is 10.5. The van der Waals surface area contributed by atoms with Crippen molar-refractivity contribution < 1.29 is 9.53 Å². The minimum absolute atomic E-state index is 0.228. The van der Waals surface area contributed by atoms with Crippen LogP contribution in [0.25, 0.3) is 0 Å². The summed E-state index contributed by atoms with van der Waals surface area (Å²) in [6.45, 7) is 3.32. The molecule has 1 atom stereocenters. The second-order valence-electron chi connectivity index (χ2n) is 4.92. The molecule has 0 spiro atoms. The summed E-state index contributed by atoms with van der Waals surface area (Å²) in [5.74, 6) is 0. The molecular formula is C13H19N3O2. The van der Waals surface area contributed by atoms with Gasteiger partial charge in [-0.2, -0.15) is 0 Å². The van der Waals surface area contributed by atoms with E-state index >= 15 is 0 Å². The Labute approximate surface area is 107 Å². The predicted octanol–water partition coefficient (Wildman–Crippen LogP) is 1.96.